The molecule has 1 aromatic carbocycles. The molecule has 1 amide bonds. The van der Waals surface area contributed by atoms with E-state index in [0.717, 1.165) is 21.6 Å². The van der Waals surface area contributed by atoms with E-state index in [2.05, 4.69) is 20.3 Å². The van der Waals surface area contributed by atoms with Crippen LogP contribution in [-0.2, 0) is 4.79 Å². The largest absolute Gasteiger partial charge is 0.334 e. The van der Waals surface area contributed by atoms with Crippen molar-refractivity contribution in [1.29, 1.82) is 0 Å². The number of thioether (sulfide) groups is 1. The van der Waals surface area contributed by atoms with Gasteiger partial charge < -0.3 is 5.84 Å². The number of carbonyl (C=O) groups is 1. The Hall–Kier alpha value is -2.92. The van der Waals surface area contributed by atoms with Crippen molar-refractivity contribution < 1.29 is 4.79 Å². The number of benzene rings is 1. The van der Waals surface area contributed by atoms with Gasteiger partial charge in [-0.15, -0.1) is 10.2 Å². The van der Waals surface area contributed by atoms with Crippen molar-refractivity contribution in [3.8, 4) is 5.95 Å². The molecule has 3 heterocycles. The summed E-state index contributed by atoms with van der Waals surface area (Å²) in [6.07, 6.45) is 0. The minimum absolute atomic E-state index is 0.0628. The maximum Gasteiger partial charge on any atom is 0.271 e. The highest BCUT2D eigenvalue weighted by atomic mass is 32.2. The minimum atomic E-state index is -0.0628. The third kappa shape index (κ3) is 3.70. The molecule has 0 aliphatic heterocycles. The van der Waals surface area contributed by atoms with Crippen LogP contribution in [0.15, 0.2) is 35.5 Å². The second-order valence-electron chi connectivity index (χ2n) is 6.38. The van der Waals surface area contributed by atoms with Gasteiger partial charge in [-0.2, -0.15) is 5.10 Å². The number of rotatable bonds is 6. The van der Waals surface area contributed by atoms with E-state index in [-0.39, 0.29) is 11.7 Å². The molecular formula is C18H20N8OS2. The van der Waals surface area contributed by atoms with Crippen LogP contribution in [0.4, 0.5) is 5.13 Å². The second-order valence-corrected chi connectivity index (χ2v) is 8.33. The van der Waals surface area contributed by atoms with E-state index < -0.39 is 0 Å². The molecule has 2 N–H and O–H groups in total. The maximum absolute atomic E-state index is 12.8. The number of aryl methyl sites for hydroxylation is 2. The summed E-state index contributed by atoms with van der Waals surface area (Å²) in [6.45, 7) is 6.28. The van der Waals surface area contributed by atoms with Gasteiger partial charge in [0, 0.05) is 12.2 Å². The Morgan fingerprint density at radius 1 is 1.28 bits per heavy atom. The average Bonchev–Trinajstić information content (AvgIpc) is 3.37. The van der Waals surface area contributed by atoms with E-state index in [1.165, 1.54) is 27.8 Å². The zero-order valence-corrected chi connectivity index (χ0v) is 17.9. The summed E-state index contributed by atoms with van der Waals surface area (Å²) in [5, 5.41) is 13.7. The number of nitrogens with two attached hydrogens (primary N) is 1. The lowest BCUT2D eigenvalue weighted by Gasteiger charge is -2.17. The lowest BCUT2D eigenvalue weighted by molar-refractivity contribution is -0.116. The SMILES string of the molecule is CCN(C(=O)CSc1nnc(-n2nc(C)cc2C)n1N)c1nc2ccccc2s1. The topological polar surface area (TPSA) is 108 Å². The highest BCUT2D eigenvalue weighted by molar-refractivity contribution is 7.99. The van der Waals surface area contributed by atoms with Crippen LogP contribution in [0.2, 0.25) is 0 Å². The van der Waals surface area contributed by atoms with E-state index in [0.29, 0.717) is 22.8 Å². The number of aromatic nitrogens is 6. The van der Waals surface area contributed by atoms with Crippen LogP contribution in [0, 0.1) is 13.8 Å². The number of carbonyl (C=O) groups excluding carboxylic acids is 1. The smallest absolute Gasteiger partial charge is 0.271 e. The quantitative estimate of drug-likeness (QED) is 0.371. The zero-order chi connectivity index (χ0) is 20.5. The van der Waals surface area contributed by atoms with Gasteiger partial charge in [-0.05, 0) is 39.0 Å². The number of hydrogen-bond donors (Lipinski definition) is 1. The Bertz CT molecular complexity index is 1140. The van der Waals surface area contributed by atoms with Crippen LogP contribution < -0.4 is 10.7 Å². The molecule has 0 saturated heterocycles. The van der Waals surface area contributed by atoms with Crippen molar-refractivity contribution in [3.05, 3.63) is 41.7 Å². The molecule has 0 saturated carbocycles. The fourth-order valence-electron chi connectivity index (χ4n) is 2.94. The Morgan fingerprint density at radius 2 is 2.07 bits per heavy atom. The minimum Gasteiger partial charge on any atom is -0.334 e. The Kier molecular flexibility index (Phi) is 5.24. The second kappa shape index (κ2) is 7.84. The molecule has 0 radical (unpaired) electrons. The van der Waals surface area contributed by atoms with Crippen molar-refractivity contribution in [2.45, 2.75) is 25.9 Å². The monoisotopic (exact) mass is 428 g/mol. The normalized spacial score (nSPS) is 11.3. The number of thiazole rings is 1. The Labute approximate surface area is 175 Å². The molecule has 0 spiro atoms. The Morgan fingerprint density at radius 3 is 2.76 bits per heavy atom. The number of nitrogen functional groups attached to an aromatic ring is 1. The molecule has 0 bridgehead atoms. The maximum atomic E-state index is 12.8. The first-order valence-electron chi connectivity index (χ1n) is 9.00. The lowest BCUT2D eigenvalue weighted by atomic mass is 10.3. The van der Waals surface area contributed by atoms with Crippen LogP contribution in [-0.4, -0.2) is 47.8 Å². The standard InChI is InChI=1S/C18H20N8OS2/c1-4-24(17-20-13-7-5-6-8-14(13)29-17)15(27)10-28-18-22-21-16(25(18)19)26-12(3)9-11(2)23-26/h5-9H,4,10,19H2,1-3H3. The predicted molar refractivity (Wildman–Crippen MR) is 115 cm³/mol. The first kappa shape index (κ1) is 19.4. The summed E-state index contributed by atoms with van der Waals surface area (Å²) in [7, 11) is 0. The number of nitrogens with zero attached hydrogens (tertiary/aromatic N) is 7. The molecule has 29 heavy (non-hydrogen) atoms. The molecule has 9 nitrogen and oxygen atoms in total. The first-order chi connectivity index (χ1) is 14.0. The van der Waals surface area contributed by atoms with Crippen LogP contribution in [0.3, 0.4) is 0 Å². The summed E-state index contributed by atoms with van der Waals surface area (Å²) >= 11 is 2.74. The van der Waals surface area contributed by atoms with E-state index in [9.17, 15) is 4.79 Å². The molecule has 150 valence electrons. The highest BCUT2D eigenvalue weighted by Crippen LogP contribution is 2.29. The van der Waals surface area contributed by atoms with Gasteiger partial charge in [-0.3, -0.25) is 9.69 Å². The van der Waals surface area contributed by atoms with Gasteiger partial charge in [0.25, 0.3) is 5.95 Å². The number of hydrogen-bond acceptors (Lipinski definition) is 8. The molecule has 11 heteroatoms. The van der Waals surface area contributed by atoms with Crippen molar-refractivity contribution in [2.24, 2.45) is 0 Å². The van der Waals surface area contributed by atoms with Gasteiger partial charge in [0.2, 0.25) is 11.1 Å². The average molecular weight is 429 g/mol. The van der Waals surface area contributed by atoms with Crippen molar-refractivity contribution in [1.82, 2.24) is 29.6 Å². The van der Waals surface area contributed by atoms with Crippen LogP contribution in [0.5, 0.6) is 0 Å². The number of amides is 1. The third-order valence-electron chi connectivity index (χ3n) is 4.30. The van der Waals surface area contributed by atoms with E-state index in [4.69, 9.17) is 5.84 Å². The number of fused-ring (bicyclic) bond motifs is 1. The van der Waals surface area contributed by atoms with Crippen molar-refractivity contribution in [2.75, 3.05) is 23.0 Å². The van der Waals surface area contributed by atoms with Crippen LogP contribution >= 0.6 is 23.1 Å². The van der Waals surface area contributed by atoms with Crippen LogP contribution in [0.1, 0.15) is 18.3 Å². The summed E-state index contributed by atoms with van der Waals surface area (Å²) < 4.78 is 4.04. The fourth-order valence-corrected chi connectivity index (χ4v) is 4.72. The third-order valence-corrected chi connectivity index (χ3v) is 6.29. The molecule has 4 aromatic rings. The highest BCUT2D eigenvalue weighted by Gasteiger charge is 2.21. The lowest BCUT2D eigenvalue weighted by Crippen LogP contribution is -2.32. The summed E-state index contributed by atoms with van der Waals surface area (Å²) in [5.41, 5.74) is 2.66. The van der Waals surface area contributed by atoms with E-state index in [1.807, 2.05) is 51.1 Å². The van der Waals surface area contributed by atoms with Gasteiger partial charge >= 0.3 is 0 Å². The van der Waals surface area contributed by atoms with Crippen molar-refractivity contribution >= 4 is 44.4 Å². The fraction of sp³-hybridized carbons (Fsp3) is 0.278. The van der Waals surface area contributed by atoms with Crippen LogP contribution in [0.25, 0.3) is 16.2 Å². The molecule has 0 aliphatic rings. The van der Waals surface area contributed by atoms with E-state index in [1.54, 1.807) is 9.58 Å². The van der Waals surface area contributed by atoms with Gasteiger partial charge in [0.1, 0.15) is 0 Å². The molecule has 4 rings (SSSR count). The summed E-state index contributed by atoms with van der Waals surface area (Å²) in [6, 6.07) is 9.78. The predicted octanol–water partition coefficient (Wildman–Crippen LogP) is 2.55. The molecule has 0 atom stereocenters. The number of anilines is 1. The summed E-state index contributed by atoms with van der Waals surface area (Å²) in [4.78, 5) is 19.1. The molecule has 0 unspecified atom stereocenters. The molecule has 0 fully saturated rings. The molecule has 0 aliphatic carbocycles. The van der Waals surface area contributed by atoms with Gasteiger partial charge in [0.15, 0.2) is 5.13 Å². The molecule has 3 aromatic heterocycles. The van der Waals surface area contributed by atoms with Gasteiger partial charge in [-0.25, -0.2) is 14.3 Å². The zero-order valence-electron chi connectivity index (χ0n) is 16.2. The first-order valence-corrected chi connectivity index (χ1v) is 10.8. The summed E-state index contributed by atoms with van der Waals surface area (Å²) in [5.74, 6) is 6.67. The van der Waals surface area contributed by atoms with E-state index >= 15 is 0 Å². The van der Waals surface area contributed by atoms with Crippen molar-refractivity contribution in [3.63, 3.8) is 0 Å². The molecular weight excluding hydrogens is 408 g/mol. The Balaban J connectivity index is 1.49. The van der Waals surface area contributed by atoms with Gasteiger partial charge in [-0.1, -0.05) is 35.2 Å². The van der Waals surface area contributed by atoms with Gasteiger partial charge in [0.05, 0.1) is 21.7 Å². The number of para-hydroxylation sites is 1.